The van der Waals surface area contributed by atoms with E-state index in [1.54, 1.807) is 18.3 Å². The molecule has 96 valence electrons. The zero-order valence-electron chi connectivity index (χ0n) is 10.3. The molecule has 5 heteroatoms. The number of rotatable bonds is 6. The van der Waals surface area contributed by atoms with Gasteiger partial charge in [-0.2, -0.15) is 0 Å². The van der Waals surface area contributed by atoms with E-state index in [0.717, 1.165) is 4.88 Å². The molecule has 3 nitrogen and oxygen atoms in total. The molecule has 1 aromatic heterocycles. The first-order chi connectivity index (χ1) is 8.00. The number of hydrogen-bond acceptors (Lipinski definition) is 4. The van der Waals surface area contributed by atoms with Crippen LogP contribution in [0.5, 0.6) is 0 Å². The number of nitrogens with one attached hydrogen (secondary N) is 1. The van der Waals surface area contributed by atoms with Crippen molar-refractivity contribution in [2.24, 2.45) is 0 Å². The van der Waals surface area contributed by atoms with E-state index in [1.165, 1.54) is 11.8 Å². The van der Waals surface area contributed by atoms with Crippen LogP contribution in [-0.4, -0.2) is 28.1 Å². The Morgan fingerprint density at radius 3 is 2.76 bits per heavy atom. The smallest absolute Gasteiger partial charge is 0.230 e. The molecular formula is C12H19NO2S2. The minimum absolute atomic E-state index is 0.0170. The molecule has 0 aliphatic rings. The highest BCUT2D eigenvalue weighted by atomic mass is 32.2. The molecule has 1 rings (SSSR count). The summed E-state index contributed by atoms with van der Waals surface area (Å²) in [4.78, 5) is 12.8. The van der Waals surface area contributed by atoms with Crippen LogP contribution in [0.2, 0.25) is 0 Å². The highest BCUT2D eigenvalue weighted by Gasteiger charge is 2.14. The van der Waals surface area contributed by atoms with Crippen LogP contribution in [0.3, 0.4) is 0 Å². The SMILES string of the molecule is CC(NC(=O)CSC(C)C(C)O)c1cccs1. The van der Waals surface area contributed by atoms with Crippen molar-refractivity contribution in [1.82, 2.24) is 5.32 Å². The summed E-state index contributed by atoms with van der Waals surface area (Å²) in [6.45, 7) is 5.64. The lowest BCUT2D eigenvalue weighted by atomic mass is 10.3. The van der Waals surface area contributed by atoms with Crippen LogP contribution < -0.4 is 5.32 Å². The van der Waals surface area contributed by atoms with Crippen LogP contribution in [0, 0.1) is 0 Å². The number of amides is 1. The molecule has 1 amide bonds. The molecular weight excluding hydrogens is 254 g/mol. The molecule has 1 heterocycles. The van der Waals surface area contributed by atoms with Gasteiger partial charge in [0.15, 0.2) is 0 Å². The fourth-order valence-electron chi connectivity index (χ4n) is 1.24. The summed E-state index contributed by atoms with van der Waals surface area (Å²) >= 11 is 3.11. The Bertz CT molecular complexity index is 338. The lowest BCUT2D eigenvalue weighted by molar-refractivity contribution is -0.119. The molecule has 0 aromatic carbocycles. The molecule has 0 bridgehead atoms. The van der Waals surface area contributed by atoms with E-state index in [1.807, 2.05) is 31.4 Å². The number of aliphatic hydroxyl groups excluding tert-OH is 1. The maximum absolute atomic E-state index is 11.7. The topological polar surface area (TPSA) is 49.3 Å². The van der Waals surface area contributed by atoms with Crippen molar-refractivity contribution in [2.45, 2.75) is 38.2 Å². The average Bonchev–Trinajstić information content (AvgIpc) is 2.78. The largest absolute Gasteiger partial charge is 0.392 e. The first kappa shape index (κ1) is 14.5. The summed E-state index contributed by atoms with van der Waals surface area (Å²) in [5.41, 5.74) is 0. The molecule has 0 radical (unpaired) electrons. The van der Waals surface area contributed by atoms with Gasteiger partial charge in [-0.1, -0.05) is 13.0 Å². The second-order valence-electron chi connectivity index (χ2n) is 4.06. The van der Waals surface area contributed by atoms with Crippen LogP contribution >= 0.6 is 23.1 Å². The Morgan fingerprint density at radius 2 is 2.24 bits per heavy atom. The van der Waals surface area contributed by atoms with Gasteiger partial charge in [-0.25, -0.2) is 0 Å². The van der Waals surface area contributed by atoms with E-state index in [9.17, 15) is 9.90 Å². The summed E-state index contributed by atoms with van der Waals surface area (Å²) in [7, 11) is 0. The molecule has 0 fully saturated rings. The third-order valence-corrected chi connectivity index (χ3v) is 4.91. The molecule has 1 aromatic rings. The summed E-state index contributed by atoms with van der Waals surface area (Å²) in [6, 6.07) is 4.05. The molecule has 0 spiro atoms. The lowest BCUT2D eigenvalue weighted by Gasteiger charge is -2.15. The maximum Gasteiger partial charge on any atom is 0.230 e. The van der Waals surface area contributed by atoms with Crippen molar-refractivity contribution in [1.29, 1.82) is 0 Å². The Kier molecular flexibility index (Phi) is 6.02. The van der Waals surface area contributed by atoms with Gasteiger partial charge in [-0.15, -0.1) is 23.1 Å². The highest BCUT2D eigenvalue weighted by Crippen LogP contribution is 2.19. The second-order valence-corrected chi connectivity index (χ2v) is 6.41. The molecule has 0 saturated heterocycles. The quantitative estimate of drug-likeness (QED) is 0.837. The van der Waals surface area contributed by atoms with Crippen LogP contribution in [0.1, 0.15) is 31.7 Å². The van der Waals surface area contributed by atoms with E-state index in [0.29, 0.717) is 5.75 Å². The molecule has 0 saturated carbocycles. The monoisotopic (exact) mass is 273 g/mol. The van der Waals surface area contributed by atoms with E-state index in [4.69, 9.17) is 0 Å². The zero-order valence-corrected chi connectivity index (χ0v) is 12.0. The Morgan fingerprint density at radius 1 is 1.53 bits per heavy atom. The van der Waals surface area contributed by atoms with Crippen molar-refractivity contribution in [2.75, 3.05) is 5.75 Å². The third kappa shape index (κ3) is 5.10. The first-order valence-corrected chi connectivity index (χ1v) is 7.56. The van der Waals surface area contributed by atoms with Crippen molar-refractivity contribution < 1.29 is 9.90 Å². The van der Waals surface area contributed by atoms with Crippen LogP contribution in [0.4, 0.5) is 0 Å². The van der Waals surface area contributed by atoms with Gasteiger partial charge in [-0.05, 0) is 25.3 Å². The van der Waals surface area contributed by atoms with E-state index in [-0.39, 0.29) is 23.3 Å². The summed E-state index contributed by atoms with van der Waals surface area (Å²) in [5, 5.41) is 14.3. The van der Waals surface area contributed by atoms with Gasteiger partial charge in [0.05, 0.1) is 17.9 Å². The fraction of sp³-hybridized carbons (Fsp3) is 0.583. The first-order valence-electron chi connectivity index (χ1n) is 5.63. The Labute approximate surface area is 111 Å². The minimum Gasteiger partial charge on any atom is -0.392 e. The predicted molar refractivity (Wildman–Crippen MR) is 74.5 cm³/mol. The zero-order chi connectivity index (χ0) is 12.8. The minimum atomic E-state index is -0.387. The number of thiophene rings is 1. The lowest BCUT2D eigenvalue weighted by Crippen LogP contribution is -2.29. The van der Waals surface area contributed by atoms with Gasteiger partial charge >= 0.3 is 0 Å². The van der Waals surface area contributed by atoms with Crippen LogP contribution in [0.25, 0.3) is 0 Å². The Balaban J connectivity index is 2.30. The second kappa shape index (κ2) is 7.03. The van der Waals surface area contributed by atoms with Gasteiger partial charge in [0.2, 0.25) is 5.91 Å². The fourth-order valence-corrected chi connectivity index (χ4v) is 2.75. The van der Waals surface area contributed by atoms with Crippen molar-refractivity contribution >= 4 is 29.0 Å². The number of carbonyl (C=O) groups is 1. The molecule has 2 N–H and O–H groups in total. The van der Waals surface area contributed by atoms with Gasteiger partial charge in [0, 0.05) is 10.1 Å². The van der Waals surface area contributed by atoms with Gasteiger partial charge in [0.25, 0.3) is 0 Å². The number of hydrogen-bond donors (Lipinski definition) is 2. The number of carbonyl (C=O) groups excluding carboxylic acids is 1. The predicted octanol–water partition coefficient (Wildman–Crippen LogP) is 2.43. The molecule has 3 atom stereocenters. The number of thioether (sulfide) groups is 1. The van der Waals surface area contributed by atoms with E-state index >= 15 is 0 Å². The standard InChI is InChI=1S/C12H19NO2S2/c1-8(11-5-4-6-16-11)13-12(15)7-17-10(3)9(2)14/h4-6,8-10,14H,7H2,1-3H3,(H,13,15). The molecule has 0 aliphatic heterocycles. The molecule has 17 heavy (non-hydrogen) atoms. The summed E-state index contributed by atoms with van der Waals surface area (Å²) in [5.74, 6) is 0.408. The van der Waals surface area contributed by atoms with E-state index in [2.05, 4.69) is 5.32 Å². The van der Waals surface area contributed by atoms with Gasteiger partial charge in [-0.3, -0.25) is 4.79 Å². The van der Waals surface area contributed by atoms with Crippen molar-refractivity contribution in [3.8, 4) is 0 Å². The normalized spacial score (nSPS) is 16.2. The summed E-state index contributed by atoms with van der Waals surface area (Å²) < 4.78 is 0. The van der Waals surface area contributed by atoms with Crippen LogP contribution in [0.15, 0.2) is 17.5 Å². The molecule has 0 aliphatic carbocycles. The number of aliphatic hydroxyl groups is 1. The summed E-state index contributed by atoms with van der Waals surface area (Å²) in [6.07, 6.45) is -0.387. The average molecular weight is 273 g/mol. The maximum atomic E-state index is 11.7. The van der Waals surface area contributed by atoms with Crippen molar-refractivity contribution in [3.05, 3.63) is 22.4 Å². The van der Waals surface area contributed by atoms with Gasteiger partial charge < -0.3 is 10.4 Å². The third-order valence-electron chi connectivity index (χ3n) is 2.50. The van der Waals surface area contributed by atoms with Crippen molar-refractivity contribution in [3.63, 3.8) is 0 Å². The van der Waals surface area contributed by atoms with Gasteiger partial charge in [0.1, 0.15) is 0 Å². The Hall–Kier alpha value is -0.520. The van der Waals surface area contributed by atoms with E-state index < -0.39 is 0 Å². The molecule has 3 unspecified atom stereocenters. The highest BCUT2D eigenvalue weighted by molar-refractivity contribution is 8.00. The van der Waals surface area contributed by atoms with Crippen LogP contribution in [-0.2, 0) is 4.79 Å².